The minimum atomic E-state index is -3.76. The second-order valence-corrected chi connectivity index (χ2v) is 10.1. The van der Waals surface area contributed by atoms with Crippen molar-refractivity contribution in [1.82, 2.24) is 10.3 Å². The van der Waals surface area contributed by atoms with Gasteiger partial charge in [0, 0.05) is 41.4 Å². The number of halogens is 3. The van der Waals surface area contributed by atoms with Crippen LogP contribution in [0.4, 0.5) is 8.78 Å². The molecule has 3 atom stereocenters. The molecule has 0 aliphatic carbocycles. The van der Waals surface area contributed by atoms with Crippen molar-refractivity contribution in [2.75, 3.05) is 13.7 Å². The molecule has 2 aromatic carbocycles. The molecule has 1 amide bonds. The predicted molar refractivity (Wildman–Crippen MR) is 129 cm³/mol. The zero-order chi connectivity index (χ0) is 25.9. The molecular formula is C26H21BrF2N2O6. The van der Waals surface area contributed by atoms with Gasteiger partial charge in [-0.15, -0.1) is 8.78 Å². The Bertz CT molecular complexity index is 1400. The molecule has 0 bridgehead atoms. The smallest absolute Gasteiger partial charge is 0.497 e. The zero-order valence-corrected chi connectivity index (χ0v) is 21.3. The van der Waals surface area contributed by atoms with Crippen LogP contribution in [0.1, 0.15) is 42.2 Å². The molecule has 0 saturated carbocycles. The van der Waals surface area contributed by atoms with Crippen LogP contribution in [0.2, 0.25) is 0 Å². The van der Waals surface area contributed by atoms with Gasteiger partial charge in [0.05, 0.1) is 13.2 Å². The topological polar surface area (TPSA) is 88.1 Å². The molecule has 4 heterocycles. The summed E-state index contributed by atoms with van der Waals surface area (Å²) < 4.78 is 54.4. The molecule has 192 valence electrons. The van der Waals surface area contributed by atoms with Crippen molar-refractivity contribution in [1.29, 1.82) is 0 Å². The molecule has 3 aliphatic heterocycles. The van der Waals surface area contributed by atoms with Gasteiger partial charge in [-0.1, -0.05) is 6.07 Å². The van der Waals surface area contributed by atoms with Crippen molar-refractivity contribution in [2.45, 2.75) is 37.2 Å². The van der Waals surface area contributed by atoms with Crippen LogP contribution in [0.25, 0.3) is 0 Å². The van der Waals surface area contributed by atoms with Crippen molar-refractivity contribution >= 4 is 21.8 Å². The summed E-state index contributed by atoms with van der Waals surface area (Å²) in [6.07, 6.45) is -1.97. The van der Waals surface area contributed by atoms with Gasteiger partial charge in [0.2, 0.25) is 5.91 Å². The van der Waals surface area contributed by atoms with E-state index in [4.69, 9.17) is 14.2 Å². The van der Waals surface area contributed by atoms with E-state index < -0.39 is 17.8 Å². The number of carbonyl (C=O) groups is 1. The summed E-state index contributed by atoms with van der Waals surface area (Å²) in [6.45, 7) is 1.74. The fraction of sp³-hybridized carbons (Fsp3) is 0.308. The lowest BCUT2D eigenvalue weighted by Gasteiger charge is -2.34. The molecule has 0 radical (unpaired) electrons. The van der Waals surface area contributed by atoms with E-state index in [1.807, 2.05) is 18.2 Å². The molecule has 37 heavy (non-hydrogen) atoms. The normalized spacial score (nSPS) is 24.4. The Kier molecular flexibility index (Phi) is 5.45. The summed E-state index contributed by atoms with van der Waals surface area (Å²) in [7, 11) is 1.57. The van der Waals surface area contributed by atoms with E-state index in [2.05, 4.69) is 35.7 Å². The maximum atomic E-state index is 13.8. The molecule has 6 rings (SSSR count). The van der Waals surface area contributed by atoms with Gasteiger partial charge in [0.1, 0.15) is 40.0 Å². The van der Waals surface area contributed by atoms with Gasteiger partial charge in [-0.3, -0.25) is 4.79 Å². The van der Waals surface area contributed by atoms with Crippen LogP contribution in [0.15, 0.2) is 53.3 Å². The summed E-state index contributed by atoms with van der Waals surface area (Å²) in [5.74, 6) is 0.914. The molecule has 1 aromatic heterocycles. The van der Waals surface area contributed by atoms with Gasteiger partial charge >= 0.3 is 6.29 Å². The summed E-state index contributed by atoms with van der Waals surface area (Å²) in [6, 6.07) is 11.5. The van der Waals surface area contributed by atoms with Gasteiger partial charge in [-0.25, -0.2) is 4.98 Å². The predicted octanol–water partition coefficient (Wildman–Crippen LogP) is 5.21. The molecule has 8 nitrogen and oxygen atoms in total. The fourth-order valence-corrected chi connectivity index (χ4v) is 5.06. The number of fused-ring (bicyclic) bond motifs is 3. The quantitative estimate of drug-likeness (QED) is 0.428. The van der Waals surface area contributed by atoms with Crippen LogP contribution in [0.3, 0.4) is 0 Å². The Morgan fingerprint density at radius 3 is 2.62 bits per heavy atom. The number of amides is 1. The Hall–Kier alpha value is -3.60. The summed E-state index contributed by atoms with van der Waals surface area (Å²) in [4.78, 5) is 18.1. The number of hydrogen-bond donors (Lipinski definition) is 1. The van der Waals surface area contributed by atoms with Crippen LogP contribution in [0, 0.1) is 0 Å². The number of rotatable bonds is 4. The zero-order valence-electron chi connectivity index (χ0n) is 19.7. The first-order valence-electron chi connectivity index (χ1n) is 11.5. The average Bonchev–Trinajstić information content (AvgIpc) is 3.37. The first-order valence-corrected chi connectivity index (χ1v) is 12.3. The highest BCUT2D eigenvalue weighted by molar-refractivity contribution is 9.10. The third kappa shape index (κ3) is 4.11. The number of methoxy groups -OCH3 is 1. The van der Waals surface area contributed by atoms with Crippen LogP contribution < -0.4 is 29.0 Å². The number of pyridine rings is 1. The Balaban J connectivity index is 1.31. The van der Waals surface area contributed by atoms with E-state index in [0.29, 0.717) is 33.8 Å². The van der Waals surface area contributed by atoms with E-state index in [-0.39, 0.29) is 30.1 Å². The first kappa shape index (κ1) is 23.8. The lowest BCUT2D eigenvalue weighted by Crippen LogP contribution is -2.46. The molecule has 3 aliphatic rings. The number of alkyl halides is 2. The minimum absolute atomic E-state index is 0.0339. The summed E-state index contributed by atoms with van der Waals surface area (Å²) >= 11 is 3.34. The van der Waals surface area contributed by atoms with E-state index in [1.54, 1.807) is 32.4 Å². The highest BCUT2D eigenvalue weighted by atomic mass is 79.9. The van der Waals surface area contributed by atoms with E-state index >= 15 is 0 Å². The monoisotopic (exact) mass is 574 g/mol. The number of carbonyl (C=O) groups excluding carboxylic acids is 1. The van der Waals surface area contributed by atoms with Crippen molar-refractivity contribution in [2.24, 2.45) is 0 Å². The lowest BCUT2D eigenvalue weighted by molar-refractivity contribution is -0.286. The van der Waals surface area contributed by atoms with Crippen molar-refractivity contribution in [3.63, 3.8) is 0 Å². The third-order valence-electron chi connectivity index (χ3n) is 6.86. The molecule has 0 fully saturated rings. The summed E-state index contributed by atoms with van der Waals surface area (Å²) in [5.41, 5.74) is 0.945. The second-order valence-electron chi connectivity index (χ2n) is 9.27. The van der Waals surface area contributed by atoms with Gasteiger partial charge in [-0.05, 0) is 47.1 Å². The molecule has 1 N–H and O–H groups in total. The van der Waals surface area contributed by atoms with Crippen LogP contribution in [-0.2, 0) is 10.2 Å². The molecule has 11 heteroatoms. The van der Waals surface area contributed by atoms with Crippen molar-refractivity contribution in [3.8, 4) is 28.7 Å². The number of nitrogens with one attached hydrogen (secondary N) is 1. The molecular weight excluding hydrogens is 554 g/mol. The van der Waals surface area contributed by atoms with E-state index in [1.165, 1.54) is 12.1 Å². The SMILES string of the molecule is COc1ccc2c(c1)O[C@@H](c1ccc(Br)nc1)C[C@H]2NC(=O)[C@@]1(C)COc2cc3c(cc21)OC(F)(F)O3. The van der Waals surface area contributed by atoms with Crippen LogP contribution >= 0.6 is 15.9 Å². The van der Waals surface area contributed by atoms with E-state index in [0.717, 1.165) is 11.1 Å². The molecule has 0 saturated heterocycles. The van der Waals surface area contributed by atoms with Gasteiger partial charge in [0.15, 0.2) is 11.5 Å². The first-order chi connectivity index (χ1) is 17.6. The molecule has 0 spiro atoms. The summed E-state index contributed by atoms with van der Waals surface area (Å²) in [5, 5.41) is 3.14. The Labute approximate surface area is 219 Å². The number of benzene rings is 2. The number of aromatic nitrogens is 1. The van der Waals surface area contributed by atoms with Gasteiger partial charge < -0.3 is 29.0 Å². The molecule has 3 aromatic rings. The lowest BCUT2D eigenvalue weighted by atomic mass is 9.82. The molecule has 0 unspecified atom stereocenters. The van der Waals surface area contributed by atoms with Crippen molar-refractivity contribution < 1.29 is 37.3 Å². The number of nitrogens with zero attached hydrogens (tertiary/aromatic N) is 1. The maximum absolute atomic E-state index is 13.8. The van der Waals surface area contributed by atoms with Gasteiger partial charge in [-0.2, -0.15) is 0 Å². The standard InChI is InChI=1S/C26H21BrF2N2O6/c1-25(12-34-20-10-22-21(8-16(20)25)36-26(28,29)37-22)24(32)31-17-9-18(13-3-6-23(27)30-11-13)35-19-7-14(33-2)4-5-15(17)19/h3-8,10-11,17-18H,9,12H2,1-2H3,(H,31,32)/t17-,18-,25+/m1/s1. The Morgan fingerprint density at radius 1 is 1.11 bits per heavy atom. The van der Waals surface area contributed by atoms with Crippen LogP contribution in [0.5, 0.6) is 28.7 Å². The largest absolute Gasteiger partial charge is 0.586 e. The minimum Gasteiger partial charge on any atom is -0.497 e. The van der Waals surface area contributed by atoms with E-state index in [9.17, 15) is 13.6 Å². The van der Waals surface area contributed by atoms with Gasteiger partial charge in [0.25, 0.3) is 0 Å². The average molecular weight is 575 g/mol. The highest BCUT2D eigenvalue weighted by Gasteiger charge is 2.49. The fourth-order valence-electron chi connectivity index (χ4n) is 4.83. The number of ether oxygens (including phenoxy) is 5. The highest BCUT2D eigenvalue weighted by Crippen LogP contribution is 2.50. The number of hydrogen-bond acceptors (Lipinski definition) is 7. The maximum Gasteiger partial charge on any atom is 0.586 e. The third-order valence-corrected chi connectivity index (χ3v) is 7.33. The van der Waals surface area contributed by atoms with Crippen LogP contribution in [-0.4, -0.2) is 30.9 Å². The Morgan fingerprint density at radius 2 is 1.89 bits per heavy atom. The van der Waals surface area contributed by atoms with Crippen molar-refractivity contribution in [3.05, 3.63) is 70.0 Å². The second kappa shape index (κ2) is 8.47.